The minimum Gasteiger partial charge on any atom is -0.370 e. The summed E-state index contributed by atoms with van der Waals surface area (Å²) in [6, 6.07) is 2.49. The van der Waals surface area contributed by atoms with Gasteiger partial charge in [0, 0.05) is 24.6 Å². The van der Waals surface area contributed by atoms with E-state index < -0.39 is 15.3 Å². The molecule has 2 rings (SSSR count). The molecule has 0 fully saturated rings. The van der Waals surface area contributed by atoms with Gasteiger partial charge in [-0.25, -0.2) is 0 Å². The minimum atomic E-state index is -0.600. The lowest BCUT2D eigenvalue weighted by atomic mass is 9.80. The van der Waals surface area contributed by atoms with Crippen LogP contribution in [0.5, 0.6) is 0 Å². The number of nitro benzene ring substituents is 2. The highest BCUT2D eigenvalue weighted by molar-refractivity contribution is 5.74. The van der Waals surface area contributed by atoms with Crippen molar-refractivity contribution in [1.82, 2.24) is 0 Å². The lowest BCUT2D eigenvalue weighted by molar-refractivity contribution is -0.394. The lowest BCUT2D eigenvalue weighted by Crippen LogP contribution is -2.36. The number of rotatable bonds is 2. The molecular weight excluding hydrogens is 250 g/mol. The summed E-state index contributed by atoms with van der Waals surface area (Å²) < 4.78 is 0. The van der Waals surface area contributed by atoms with E-state index in [1.165, 1.54) is 6.07 Å². The van der Waals surface area contributed by atoms with Crippen molar-refractivity contribution in [2.45, 2.75) is 32.2 Å². The van der Waals surface area contributed by atoms with Crippen molar-refractivity contribution in [3.05, 3.63) is 37.9 Å². The average molecular weight is 265 g/mol. The maximum atomic E-state index is 11.2. The molecular formula is C12H15N3O4. The van der Waals surface area contributed by atoms with Gasteiger partial charge in [-0.2, -0.15) is 0 Å². The van der Waals surface area contributed by atoms with Crippen LogP contribution in [0.25, 0.3) is 0 Å². The molecule has 7 nitrogen and oxygen atoms in total. The van der Waals surface area contributed by atoms with Crippen LogP contribution >= 0.6 is 0 Å². The smallest absolute Gasteiger partial charge is 0.282 e. The SMILES string of the molecule is C[C@@H]1N(C)c2cc([N+](=O)[O-])cc([N+](=O)[O-])c2C1(C)C. The molecule has 0 radical (unpaired) electrons. The topological polar surface area (TPSA) is 89.5 Å². The van der Waals surface area contributed by atoms with Crippen molar-refractivity contribution in [2.75, 3.05) is 11.9 Å². The van der Waals surface area contributed by atoms with E-state index in [1.807, 2.05) is 25.7 Å². The summed E-state index contributed by atoms with van der Waals surface area (Å²) >= 11 is 0. The zero-order valence-corrected chi connectivity index (χ0v) is 11.2. The van der Waals surface area contributed by atoms with Gasteiger partial charge in [0.25, 0.3) is 11.4 Å². The molecule has 0 unspecified atom stereocenters. The third-order valence-corrected chi connectivity index (χ3v) is 4.14. The molecule has 0 bridgehead atoms. The summed E-state index contributed by atoms with van der Waals surface area (Å²) in [5.41, 5.74) is 0.283. The van der Waals surface area contributed by atoms with Crippen LogP contribution in [0.1, 0.15) is 26.3 Å². The van der Waals surface area contributed by atoms with Crippen molar-refractivity contribution < 1.29 is 9.85 Å². The van der Waals surface area contributed by atoms with E-state index in [4.69, 9.17) is 0 Å². The highest BCUT2D eigenvalue weighted by Crippen LogP contribution is 2.50. The Morgan fingerprint density at radius 3 is 2.26 bits per heavy atom. The first-order chi connectivity index (χ1) is 8.67. The molecule has 1 aliphatic heterocycles. The number of fused-ring (bicyclic) bond motifs is 1. The highest BCUT2D eigenvalue weighted by Gasteiger charge is 2.46. The van der Waals surface area contributed by atoms with Crippen LogP contribution in [0.2, 0.25) is 0 Å². The highest BCUT2D eigenvalue weighted by atomic mass is 16.6. The van der Waals surface area contributed by atoms with E-state index in [-0.39, 0.29) is 17.4 Å². The number of hydrogen-bond acceptors (Lipinski definition) is 5. The first-order valence-corrected chi connectivity index (χ1v) is 5.88. The number of non-ortho nitro benzene ring substituents is 1. The molecule has 19 heavy (non-hydrogen) atoms. The van der Waals surface area contributed by atoms with Crippen molar-refractivity contribution >= 4 is 17.1 Å². The van der Waals surface area contributed by atoms with E-state index >= 15 is 0 Å². The van der Waals surface area contributed by atoms with Crippen LogP contribution in [0, 0.1) is 20.2 Å². The minimum absolute atomic E-state index is 0.0307. The van der Waals surface area contributed by atoms with Crippen LogP contribution in [0.3, 0.4) is 0 Å². The predicted molar refractivity (Wildman–Crippen MR) is 70.6 cm³/mol. The largest absolute Gasteiger partial charge is 0.370 e. The number of hydrogen-bond donors (Lipinski definition) is 0. The average Bonchev–Trinajstić information content (AvgIpc) is 2.50. The molecule has 1 atom stereocenters. The molecule has 0 N–H and O–H groups in total. The zero-order chi connectivity index (χ0) is 14.5. The van der Waals surface area contributed by atoms with Gasteiger partial charge in [-0.1, -0.05) is 13.8 Å². The first-order valence-electron chi connectivity index (χ1n) is 5.88. The van der Waals surface area contributed by atoms with E-state index in [1.54, 1.807) is 7.05 Å². The van der Waals surface area contributed by atoms with Gasteiger partial charge < -0.3 is 4.90 Å². The molecule has 1 aromatic rings. The molecule has 0 aliphatic carbocycles. The molecule has 0 amide bonds. The van der Waals surface area contributed by atoms with E-state index in [0.717, 1.165) is 6.07 Å². The molecule has 7 heteroatoms. The first kappa shape index (κ1) is 13.3. The molecule has 0 spiro atoms. The molecule has 0 saturated heterocycles. The van der Waals surface area contributed by atoms with Crippen LogP contribution in [-0.4, -0.2) is 22.9 Å². The van der Waals surface area contributed by atoms with Crippen molar-refractivity contribution in [3.8, 4) is 0 Å². The van der Waals surface area contributed by atoms with E-state index in [0.29, 0.717) is 11.3 Å². The zero-order valence-electron chi connectivity index (χ0n) is 11.2. The molecule has 1 aromatic carbocycles. The van der Waals surface area contributed by atoms with Crippen LogP contribution < -0.4 is 4.90 Å². The second-order valence-electron chi connectivity index (χ2n) is 5.38. The second-order valence-corrected chi connectivity index (χ2v) is 5.38. The van der Waals surface area contributed by atoms with Gasteiger partial charge in [0.2, 0.25) is 0 Å². The van der Waals surface area contributed by atoms with Gasteiger partial charge >= 0.3 is 0 Å². The molecule has 1 heterocycles. The number of likely N-dealkylation sites (N-methyl/N-ethyl adjacent to an activating group) is 1. The summed E-state index contributed by atoms with van der Waals surface area (Å²) in [6.45, 7) is 5.78. The van der Waals surface area contributed by atoms with Gasteiger partial charge in [-0.3, -0.25) is 20.2 Å². The third kappa shape index (κ3) is 1.73. The normalized spacial score (nSPS) is 20.2. The Kier molecular flexibility index (Phi) is 2.73. The Labute approximate surface area is 110 Å². The van der Waals surface area contributed by atoms with Crippen LogP contribution in [0.15, 0.2) is 12.1 Å². The fourth-order valence-electron chi connectivity index (χ4n) is 2.69. The summed E-state index contributed by atoms with van der Waals surface area (Å²) in [4.78, 5) is 22.8. The maximum absolute atomic E-state index is 11.2. The Morgan fingerprint density at radius 2 is 1.79 bits per heavy atom. The third-order valence-electron chi connectivity index (χ3n) is 4.14. The molecule has 0 saturated carbocycles. The fourth-order valence-corrected chi connectivity index (χ4v) is 2.69. The van der Waals surface area contributed by atoms with Gasteiger partial charge in [0.05, 0.1) is 27.2 Å². The fraction of sp³-hybridized carbons (Fsp3) is 0.500. The van der Waals surface area contributed by atoms with Gasteiger partial charge in [0.15, 0.2) is 0 Å². The Bertz CT molecular complexity index is 583. The number of benzene rings is 1. The second kappa shape index (κ2) is 3.91. The van der Waals surface area contributed by atoms with Crippen LogP contribution in [-0.2, 0) is 5.41 Å². The Morgan fingerprint density at radius 1 is 1.21 bits per heavy atom. The summed E-state index contributed by atoms with van der Waals surface area (Å²) in [6.07, 6.45) is 0. The Balaban J connectivity index is 2.81. The van der Waals surface area contributed by atoms with Crippen LogP contribution in [0.4, 0.5) is 17.1 Å². The van der Waals surface area contributed by atoms with Gasteiger partial charge in [0.1, 0.15) is 0 Å². The molecule has 1 aliphatic rings. The van der Waals surface area contributed by atoms with Crippen molar-refractivity contribution in [1.29, 1.82) is 0 Å². The molecule has 102 valence electrons. The van der Waals surface area contributed by atoms with Crippen molar-refractivity contribution in [2.24, 2.45) is 0 Å². The Hall–Kier alpha value is -2.18. The predicted octanol–water partition coefficient (Wildman–Crippen LogP) is 2.62. The quantitative estimate of drug-likeness (QED) is 0.605. The number of nitrogens with zero attached hydrogens (tertiary/aromatic N) is 3. The number of anilines is 1. The summed E-state index contributed by atoms with van der Waals surface area (Å²) in [7, 11) is 1.80. The van der Waals surface area contributed by atoms with E-state index in [9.17, 15) is 20.2 Å². The summed E-state index contributed by atoms with van der Waals surface area (Å²) in [5.74, 6) is 0. The monoisotopic (exact) mass is 265 g/mol. The van der Waals surface area contributed by atoms with E-state index in [2.05, 4.69) is 0 Å². The van der Waals surface area contributed by atoms with Crippen molar-refractivity contribution in [3.63, 3.8) is 0 Å². The summed E-state index contributed by atoms with van der Waals surface area (Å²) in [5, 5.41) is 22.1. The maximum Gasteiger partial charge on any atom is 0.282 e. The van der Waals surface area contributed by atoms with Gasteiger partial charge in [-0.05, 0) is 6.92 Å². The number of nitro groups is 2. The standard InChI is InChI=1S/C12H15N3O4/c1-7-12(2,3)11-9(13(7)4)5-8(14(16)17)6-10(11)15(18)19/h5-7H,1-4H3/t7-/m0/s1. The molecule has 0 aromatic heterocycles. The lowest BCUT2D eigenvalue weighted by Gasteiger charge is -2.28. The van der Waals surface area contributed by atoms with Gasteiger partial charge in [-0.15, -0.1) is 0 Å².